The maximum atomic E-state index is 13.2. The number of rotatable bonds is 3. The first-order chi connectivity index (χ1) is 9.74. The molecule has 20 heavy (non-hydrogen) atoms. The van der Waals surface area contributed by atoms with Crippen molar-refractivity contribution in [3.05, 3.63) is 65.5 Å². The summed E-state index contributed by atoms with van der Waals surface area (Å²) >= 11 is 0. The highest BCUT2D eigenvalue weighted by atomic mass is 19.1. The van der Waals surface area contributed by atoms with Crippen molar-refractivity contribution in [2.24, 2.45) is 0 Å². The smallest absolute Gasteiger partial charge is 0.123 e. The van der Waals surface area contributed by atoms with E-state index in [2.05, 4.69) is 11.4 Å². The van der Waals surface area contributed by atoms with Crippen molar-refractivity contribution in [1.29, 1.82) is 5.26 Å². The van der Waals surface area contributed by atoms with Crippen LogP contribution in [0.1, 0.15) is 29.9 Å². The van der Waals surface area contributed by atoms with E-state index in [4.69, 9.17) is 5.26 Å². The molecule has 0 spiro atoms. The fraction of sp³-hybridized carbons (Fsp3) is 0.235. The van der Waals surface area contributed by atoms with Gasteiger partial charge < -0.3 is 5.32 Å². The van der Waals surface area contributed by atoms with Gasteiger partial charge in [-0.3, -0.25) is 0 Å². The topological polar surface area (TPSA) is 35.8 Å². The molecule has 0 radical (unpaired) electrons. The Morgan fingerprint density at radius 3 is 2.65 bits per heavy atom. The number of hydrogen-bond acceptors (Lipinski definition) is 2. The lowest BCUT2D eigenvalue weighted by molar-refractivity contribution is 0.373. The second-order valence-electron chi connectivity index (χ2n) is 5.26. The fourth-order valence-corrected chi connectivity index (χ4v) is 2.68. The van der Waals surface area contributed by atoms with E-state index in [-0.39, 0.29) is 5.82 Å². The average molecular weight is 266 g/mol. The van der Waals surface area contributed by atoms with Gasteiger partial charge in [-0.1, -0.05) is 18.2 Å². The van der Waals surface area contributed by atoms with Gasteiger partial charge in [0, 0.05) is 11.7 Å². The van der Waals surface area contributed by atoms with Crippen molar-refractivity contribution >= 4 is 5.69 Å². The third kappa shape index (κ3) is 2.65. The second kappa shape index (κ2) is 5.34. The summed E-state index contributed by atoms with van der Waals surface area (Å²) in [5.74, 6) is 0.267. The van der Waals surface area contributed by atoms with Crippen LogP contribution >= 0.6 is 0 Å². The Morgan fingerprint density at radius 2 is 1.90 bits per heavy atom. The minimum atomic E-state index is -0.166. The van der Waals surface area contributed by atoms with E-state index in [1.165, 1.54) is 6.07 Å². The number of nitrogens with one attached hydrogen (secondary N) is 1. The molecule has 1 aliphatic rings. The highest BCUT2D eigenvalue weighted by molar-refractivity contribution is 5.50. The molecule has 100 valence electrons. The Hall–Kier alpha value is -2.34. The van der Waals surface area contributed by atoms with Crippen LogP contribution in [0.4, 0.5) is 10.1 Å². The zero-order valence-electron chi connectivity index (χ0n) is 11.0. The standard InChI is InChI=1S/C17H15FN2/c18-15-5-2-4-13(8-15)14-9-17(10-14)20-16-6-1-3-12(7-16)11-19/h1-8,14,17,20H,9-10H2. The van der Waals surface area contributed by atoms with E-state index in [0.29, 0.717) is 17.5 Å². The number of halogens is 1. The molecule has 0 saturated heterocycles. The molecule has 1 aliphatic carbocycles. The summed E-state index contributed by atoms with van der Waals surface area (Å²) in [6, 6.07) is 16.9. The van der Waals surface area contributed by atoms with Crippen molar-refractivity contribution in [1.82, 2.24) is 0 Å². The molecule has 1 N–H and O–H groups in total. The van der Waals surface area contributed by atoms with Crippen molar-refractivity contribution < 1.29 is 4.39 Å². The third-order valence-electron chi connectivity index (χ3n) is 3.82. The molecule has 1 fully saturated rings. The van der Waals surface area contributed by atoms with Gasteiger partial charge in [0.2, 0.25) is 0 Å². The lowest BCUT2D eigenvalue weighted by atomic mass is 9.76. The molecule has 0 atom stereocenters. The zero-order chi connectivity index (χ0) is 13.9. The van der Waals surface area contributed by atoms with Gasteiger partial charge in [-0.2, -0.15) is 5.26 Å². The van der Waals surface area contributed by atoms with E-state index in [1.54, 1.807) is 18.2 Å². The van der Waals surface area contributed by atoms with Crippen LogP contribution in [-0.4, -0.2) is 6.04 Å². The molecule has 0 bridgehead atoms. The molecular weight excluding hydrogens is 251 g/mol. The SMILES string of the molecule is N#Cc1cccc(NC2CC(c3cccc(F)c3)C2)c1. The number of anilines is 1. The van der Waals surface area contributed by atoms with Crippen LogP contribution in [0, 0.1) is 17.1 Å². The van der Waals surface area contributed by atoms with Crippen LogP contribution < -0.4 is 5.32 Å². The number of hydrogen-bond donors (Lipinski definition) is 1. The van der Waals surface area contributed by atoms with Crippen molar-refractivity contribution in [3.63, 3.8) is 0 Å². The summed E-state index contributed by atoms with van der Waals surface area (Å²) in [5.41, 5.74) is 2.72. The van der Waals surface area contributed by atoms with Crippen molar-refractivity contribution in [2.45, 2.75) is 24.8 Å². The predicted octanol–water partition coefficient (Wildman–Crippen LogP) is 4.06. The molecule has 1 saturated carbocycles. The van der Waals surface area contributed by atoms with Gasteiger partial charge in [-0.15, -0.1) is 0 Å². The second-order valence-corrected chi connectivity index (χ2v) is 5.26. The fourth-order valence-electron chi connectivity index (χ4n) is 2.68. The lowest BCUT2D eigenvalue weighted by Gasteiger charge is -2.37. The summed E-state index contributed by atoms with van der Waals surface area (Å²) in [5, 5.41) is 12.3. The van der Waals surface area contributed by atoms with Gasteiger partial charge in [-0.25, -0.2) is 4.39 Å². The first-order valence-electron chi connectivity index (χ1n) is 6.77. The largest absolute Gasteiger partial charge is 0.382 e. The van der Waals surface area contributed by atoms with Crippen molar-refractivity contribution in [3.8, 4) is 6.07 Å². The first-order valence-corrected chi connectivity index (χ1v) is 6.77. The van der Waals surface area contributed by atoms with Crippen LogP contribution in [0.25, 0.3) is 0 Å². The molecule has 3 rings (SSSR count). The Morgan fingerprint density at radius 1 is 1.10 bits per heavy atom. The molecule has 2 aromatic carbocycles. The zero-order valence-corrected chi connectivity index (χ0v) is 11.0. The van der Waals surface area contributed by atoms with E-state index >= 15 is 0 Å². The molecule has 3 heteroatoms. The minimum absolute atomic E-state index is 0.166. The van der Waals surface area contributed by atoms with E-state index in [9.17, 15) is 4.39 Å². The molecule has 0 aliphatic heterocycles. The van der Waals surface area contributed by atoms with Crippen LogP contribution in [0.15, 0.2) is 48.5 Å². The van der Waals surface area contributed by atoms with E-state index in [0.717, 1.165) is 24.1 Å². The average Bonchev–Trinajstić information content (AvgIpc) is 2.42. The lowest BCUT2D eigenvalue weighted by Crippen LogP contribution is -2.34. The summed E-state index contributed by atoms with van der Waals surface area (Å²) < 4.78 is 13.2. The van der Waals surface area contributed by atoms with E-state index < -0.39 is 0 Å². The normalized spacial score (nSPS) is 20.8. The van der Waals surface area contributed by atoms with E-state index in [1.807, 2.05) is 24.3 Å². The number of nitriles is 1. The molecule has 2 aromatic rings. The van der Waals surface area contributed by atoms with Gasteiger partial charge in [0.15, 0.2) is 0 Å². The Bertz CT molecular complexity index is 654. The molecule has 0 amide bonds. The molecule has 0 heterocycles. The maximum Gasteiger partial charge on any atom is 0.123 e. The summed E-state index contributed by atoms with van der Waals surface area (Å²) in [6.45, 7) is 0. The summed E-state index contributed by atoms with van der Waals surface area (Å²) in [7, 11) is 0. The third-order valence-corrected chi connectivity index (χ3v) is 3.82. The minimum Gasteiger partial charge on any atom is -0.382 e. The van der Waals surface area contributed by atoms with Gasteiger partial charge in [0.25, 0.3) is 0 Å². The molecular formula is C17H15FN2. The van der Waals surface area contributed by atoms with Gasteiger partial charge in [0.1, 0.15) is 5.82 Å². The van der Waals surface area contributed by atoms with Crippen LogP contribution in [0.3, 0.4) is 0 Å². The first kappa shape index (κ1) is 12.7. The van der Waals surface area contributed by atoms with Crippen LogP contribution in [0.2, 0.25) is 0 Å². The van der Waals surface area contributed by atoms with Crippen LogP contribution in [-0.2, 0) is 0 Å². The summed E-state index contributed by atoms with van der Waals surface area (Å²) in [6.07, 6.45) is 2.00. The molecule has 0 aromatic heterocycles. The Balaban J connectivity index is 1.59. The molecule has 2 nitrogen and oxygen atoms in total. The predicted molar refractivity (Wildman–Crippen MR) is 76.9 cm³/mol. The Labute approximate surface area is 117 Å². The highest BCUT2D eigenvalue weighted by Gasteiger charge is 2.30. The molecule has 0 unspecified atom stereocenters. The Kier molecular flexibility index (Phi) is 3.39. The highest BCUT2D eigenvalue weighted by Crippen LogP contribution is 2.38. The van der Waals surface area contributed by atoms with Crippen molar-refractivity contribution in [2.75, 3.05) is 5.32 Å². The van der Waals surface area contributed by atoms with Gasteiger partial charge in [-0.05, 0) is 54.7 Å². The van der Waals surface area contributed by atoms with Gasteiger partial charge >= 0.3 is 0 Å². The summed E-state index contributed by atoms with van der Waals surface area (Å²) in [4.78, 5) is 0. The monoisotopic (exact) mass is 266 g/mol. The number of benzene rings is 2. The van der Waals surface area contributed by atoms with Gasteiger partial charge in [0.05, 0.1) is 11.6 Å². The maximum absolute atomic E-state index is 13.2. The van der Waals surface area contributed by atoms with Crippen LogP contribution in [0.5, 0.6) is 0 Å². The number of nitrogens with zero attached hydrogens (tertiary/aromatic N) is 1. The quantitative estimate of drug-likeness (QED) is 0.909.